The van der Waals surface area contributed by atoms with Gasteiger partial charge < -0.3 is 69.3 Å². The molecule has 8 atom stereocenters. The molecular weight excluding hydrogens is 809 g/mol. The minimum Gasteiger partial charge on any atom is -0.481 e. The maximum absolute atomic E-state index is 13.8. The van der Waals surface area contributed by atoms with Gasteiger partial charge in [-0.1, -0.05) is 34.6 Å². The summed E-state index contributed by atoms with van der Waals surface area (Å²) in [7, 11) is 0. The molecule has 6 amide bonds. The molecule has 0 aromatic heterocycles. The van der Waals surface area contributed by atoms with Crippen LogP contribution >= 0.6 is 11.8 Å². The van der Waals surface area contributed by atoms with Crippen molar-refractivity contribution in [3.8, 4) is 0 Å². The lowest BCUT2D eigenvalue weighted by Crippen LogP contribution is -2.62. The molecule has 0 saturated carbocycles. The van der Waals surface area contributed by atoms with Crippen LogP contribution in [0.4, 0.5) is 0 Å². The molecule has 0 aromatic rings. The number of hydrogen-bond acceptors (Lipinski definition) is 12. The van der Waals surface area contributed by atoms with Crippen molar-refractivity contribution in [2.45, 2.75) is 122 Å². The Balaban J connectivity index is 6.33. The summed E-state index contributed by atoms with van der Waals surface area (Å²) in [6, 6.07) is -8.71. The molecule has 8 unspecified atom stereocenters. The Morgan fingerprint density at radius 2 is 0.983 bits per heavy atom. The van der Waals surface area contributed by atoms with Crippen LogP contribution in [0, 0.1) is 28.6 Å². The molecule has 0 heterocycles. The predicted molar refractivity (Wildman–Crippen MR) is 223 cm³/mol. The highest BCUT2D eigenvalue weighted by atomic mass is 32.2. The van der Waals surface area contributed by atoms with E-state index in [4.69, 9.17) is 22.3 Å². The highest BCUT2D eigenvalue weighted by molar-refractivity contribution is 7.98. The standard InChI is InChI=1S/C36H66N12O11S/c1-17(2)25(46-28(52)19(5)10-8-13-41-35(37)38)32(56)48-27(20(6)49)33(57)44-21(11-9-14-42-36(39)40)29(53)43-22(12-15-60-7)30(54)45-23(16-24(50)51)31(55)47-26(18(3)4)34(58)59/h17-23,25-27,49H,8-16H2,1-7H3,(H,43,53)(H,44,57)(H,45,54)(H,46,52)(H,47,55)(H,48,56)(H,50,51)(H,58,59)(H4,37,38,41)(H4,39,40,42). The Hall–Kier alpha value is -5.39. The maximum atomic E-state index is 13.8. The molecule has 0 rings (SSSR count). The van der Waals surface area contributed by atoms with Gasteiger partial charge in [0.25, 0.3) is 0 Å². The number of amides is 6. The smallest absolute Gasteiger partial charge is 0.326 e. The number of nitrogens with one attached hydrogen (secondary N) is 10. The van der Waals surface area contributed by atoms with Gasteiger partial charge in [0.1, 0.15) is 36.3 Å². The van der Waals surface area contributed by atoms with E-state index in [-0.39, 0.29) is 37.7 Å². The summed E-state index contributed by atoms with van der Waals surface area (Å²) in [4.78, 5) is 104. The van der Waals surface area contributed by atoms with Crippen molar-refractivity contribution in [3.63, 3.8) is 0 Å². The summed E-state index contributed by atoms with van der Waals surface area (Å²) in [6.45, 7) is 9.70. The monoisotopic (exact) mass is 874 g/mol. The lowest BCUT2D eigenvalue weighted by atomic mass is 9.99. The molecule has 342 valence electrons. The molecule has 0 aliphatic rings. The van der Waals surface area contributed by atoms with Crippen LogP contribution in [0.5, 0.6) is 0 Å². The minimum absolute atomic E-state index is 0.0287. The Kier molecular flexibility index (Phi) is 25.6. The largest absolute Gasteiger partial charge is 0.481 e. The Morgan fingerprint density at radius 3 is 1.43 bits per heavy atom. The van der Waals surface area contributed by atoms with Crippen molar-refractivity contribution in [2.75, 3.05) is 25.1 Å². The number of carboxylic acids is 2. The fraction of sp³-hybridized carbons (Fsp3) is 0.722. The van der Waals surface area contributed by atoms with E-state index in [0.29, 0.717) is 25.1 Å². The van der Waals surface area contributed by atoms with Crippen molar-refractivity contribution in [1.82, 2.24) is 42.5 Å². The third kappa shape index (κ3) is 21.6. The number of carbonyl (C=O) groups is 8. The number of carboxylic acid groups (broad SMARTS) is 2. The number of aliphatic carboxylic acids is 2. The first-order valence-corrected chi connectivity index (χ1v) is 20.9. The summed E-state index contributed by atoms with van der Waals surface area (Å²) in [6.07, 6.45) is 0.201. The Bertz CT molecular complexity index is 1500. The molecule has 0 radical (unpaired) electrons. The normalized spacial score (nSPS) is 15.0. The molecule has 0 spiro atoms. The third-order valence-electron chi connectivity index (χ3n) is 8.99. The number of nitrogens with two attached hydrogens (primary N) is 2. The van der Waals surface area contributed by atoms with Gasteiger partial charge in [-0.05, 0) is 62.9 Å². The van der Waals surface area contributed by atoms with E-state index < -0.39 is 114 Å². The van der Waals surface area contributed by atoms with E-state index in [2.05, 4.69) is 42.5 Å². The fourth-order valence-electron chi connectivity index (χ4n) is 5.50. The molecule has 0 bridgehead atoms. The van der Waals surface area contributed by atoms with Crippen LogP contribution in [0.3, 0.4) is 0 Å². The molecule has 0 aromatic carbocycles. The van der Waals surface area contributed by atoms with Gasteiger partial charge in [0, 0.05) is 19.0 Å². The zero-order valence-electron chi connectivity index (χ0n) is 35.3. The maximum Gasteiger partial charge on any atom is 0.326 e. The topological polar surface area (TPSA) is 393 Å². The summed E-state index contributed by atoms with van der Waals surface area (Å²) in [5.41, 5.74) is 10.6. The number of aliphatic hydroxyl groups is 1. The van der Waals surface area contributed by atoms with Crippen LogP contribution < -0.4 is 54.0 Å². The van der Waals surface area contributed by atoms with Crippen molar-refractivity contribution in [1.29, 1.82) is 10.8 Å². The molecule has 0 aliphatic carbocycles. The summed E-state index contributed by atoms with van der Waals surface area (Å²) >= 11 is 1.30. The zero-order valence-corrected chi connectivity index (χ0v) is 36.1. The number of rotatable bonds is 29. The van der Waals surface area contributed by atoms with Crippen LogP contribution in [0.1, 0.15) is 80.1 Å². The number of thioether (sulfide) groups is 1. The average molecular weight is 875 g/mol. The highest BCUT2D eigenvalue weighted by Crippen LogP contribution is 2.11. The molecule has 0 aliphatic heterocycles. The van der Waals surface area contributed by atoms with Gasteiger partial charge in [0.2, 0.25) is 35.4 Å². The van der Waals surface area contributed by atoms with Crippen molar-refractivity contribution < 1.29 is 53.7 Å². The average Bonchev–Trinajstić information content (AvgIpc) is 3.14. The van der Waals surface area contributed by atoms with Gasteiger partial charge in [0.05, 0.1) is 12.5 Å². The molecular formula is C36H66N12O11S. The highest BCUT2D eigenvalue weighted by Gasteiger charge is 2.36. The summed E-state index contributed by atoms with van der Waals surface area (Å²) < 4.78 is 0. The van der Waals surface area contributed by atoms with Crippen molar-refractivity contribution >= 4 is 71.1 Å². The van der Waals surface area contributed by atoms with Gasteiger partial charge in [-0.25, -0.2) is 4.79 Å². The van der Waals surface area contributed by atoms with E-state index in [9.17, 15) is 53.7 Å². The van der Waals surface area contributed by atoms with Crippen LogP contribution in [0.15, 0.2) is 0 Å². The van der Waals surface area contributed by atoms with Crippen molar-refractivity contribution in [3.05, 3.63) is 0 Å². The van der Waals surface area contributed by atoms with Crippen LogP contribution in [0.25, 0.3) is 0 Å². The van der Waals surface area contributed by atoms with Crippen LogP contribution in [-0.4, -0.2) is 142 Å². The summed E-state index contributed by atoms with van der Waals surface area (Å²) in [5, 5.41) is 64.1. The number of guanidine groups is 2. The molecule has 23 nitrogen and oxygen atoms in total. The quantitative estimate of drug-likeness (QED) is 0.0203. The van der Waals surface area contributed by atoms with E-state index in [1.807, 2.05) is 0 Å². The summed E-state index contributed by atoms with van der Waals surface area (Å²) in [5.74, 6) is -9.94. The first kappa shape index (κ1) is 54.6. The second-order valence-corrected chi connectivity index (χ2v) is 15.9. The van der Waals surface area contributed by atoms with Gasteiger partial charge in [0.15, 0.2) is 11.9 Å². The van der Waals surface area contributed by atoms with Gasteiger partial charge in [-0.3, -0.25) is 44.4 Å². The first-order chi connectivity index (χ1) is 27.9. The lowest BCUT2D eigenvalue weighted by Gasteiger charge is -2.29. The minimum atomic E-state index is -1.73. The van der Waals surface area contributed by atoms with E-state index in [0.717, 1.165) is 0 Å². The second kappa shape index (κ2) is 28.1. The first-order valence-electron chi connectivity index (χ1n) is 19.5. The molecule has 24 heteroatoms. The SMILES string of the molecule is CSCCC(NC(=O)C(CCCNC(=N)N)NC(=O)C(NC(=O)C(NC(=O)C(C)CCCNC(=N)N)C(C)C)C(C)O)C(=O)NC(CC(=O)O)C(=O)NC(C(=O)O)C(C)C. The molecule has 0 fully saturated rings. The van der Waals surface area contributed by atoms with Crippen molar-refractivity contribution in [2.24, 2.45) is 29.2 Å². The molecule has 60 heavy (non-hydrogen) atoms. The molecule has 17 N–H and O–H groups in total. The third-order valence-corrected chi connectivity index (χ3v) is 9.63. The predicted octanol–water partition coefficient (Wildman–Crippen LogP) is -2.94. The van der Waals surface area contributed by atoms with Gasteiger partial charge >= 0.3 is 11.9 Å². The van der Waals surface area contributed by atoms with Crippen LogP contribution in [-0.2, 0) is 38.4 Å². The van der Waals surface area contributed by atoms with Gasteiger partial charge in [-0.15, -0.1) is 0 Å². The van der Waals surface area contributed by atoms with E-state index >= 15 is 0 Å². The Morgan fingerprint density at radius 1 is 0.567 bits per heavy atom. The van der Waals surface area contributed by atoms with E-state index in [1.54, 1.807) is 27.0 Å². The molecule has 0 saturated heterocycles. The Labute approximate surface area is 354 Å². The lowest BCUT2D eigenvalue weighted by molar-refractivity contribution is -0.144. The van der Waals surface area contributed by atoms with Gasteiger partial charge in [-0.2, -0.15) is 11.8 Å². The second-order valence-electron chi connectivity index (χ2n) is 15.0. The number of hydrogen-bond donors (Lipinski definition) is 15. The number of carbonyl (C=O) groups excluding carboxylic acids is 6. The fourth-order valence-corrected chi connectivity index (χ4v) is 5.97. The zero-order chi connectivity index (χ0) is 46.3. The number of aliphatic hydroxyl groups excluding tert-OH is 1. The van der Waals surface area contributed by atoms with Crippen LogP contribution in [0.2, 0.25) is 0 Å². The van der Waals surface area contributed by atoms with E-state index in [1.165, 1.54) is 32.5 Å².